The molecule has 16 rings (SSSR count). The third-order valence-corrected chi connectivity index (χ3v) is 20.1. The smallest absolute Gasteiger partial charge is 0.145 e. The normalized spacial score (nSPS) is 15.5. The van der Waals surface area contributed by atoms with Gasteiger partial charge in [-0.2, -0.15) is 0 Å². The zero-order chi connectivity index (χ0) is 59.8. The molecule has 0 spiro atoms. The van der Waals surface area contributed by atoms with E-state index in [-0.39, 0.29) is 21.7 Å². The number of imidazole rings is 2. The monoisotopic (exact) mass is 1140 g/mol. The molecule has 9 aromatic carbocycles. The highest BCUT2D eigenvalue weighted by molar-refractivity contribution is 6.01. The molecule has 0 aliphatic heterocycles. The van der Waals surface area contributed by atoms with Crippen molar-refractivity contribution >= 4 is 54.9 Å². The van der Waals surface area contributed by atoms with Crippen molar-refractivity contribution in [1.29, 1.82) is 0 Å². The number of hydrogen-bond acceptors (Lipinski definition) is 3. The van der Waals surface area contributed by atoms with Crippen molar-refractivity contribution in [2.75, 3.05) is 0 Å². The lowest BCUT2D eigenvalue weighted by Gasteiger charge is -2.22. The third-order valence-electron chi connectivity index (χ3n) is 20.1. The van der Waals surface area contributed by atoms with Gasteiger partial charge in [0.25, 0.3) is 0 Å². The van der Waals surface area contributed by atoms with Crippen LogP contribution in [-0.4, -0.2) is 23.8 Å². The summed E-state index contributed by atoms with van der Waals surface area (Å²) >= 11 is 0. The average Bonchev–Trinajstić information content (AvgIpc) is 1.73. The van der Waals surface area contributed by atoms with E-state index < -0.39 is 0 Å². The molecule has 5 heteroatoms. The fraction of sp³-hybridized carbons (Fsp3) is 0.217. The van der Waals surface area contributed by atoms with Crippen LogP contribution in [0.3, 0.4) is 0 Å². The first-order chi connectivity index (χ1) is 42.5. The highest BCUT2D eigenvalue weighted by Crippen LogP contribution is 2.52. The maximum Gasteiger partial charge on any atom is 0.145 e. The minimum Gasteiger partial charge on any atom is -0.299 e. The summed E-state index contributed by atoms with van der Waals surface area (Å²) in [4.78, 5) is 15.5. The van der Waals surface area contributed by atoms with Gasteiger partial charge < -0.3 is 0 Å². The molecule has 5 nitrogen and oxygen atoms in total. The van der Waals surface area contributed by atoms with Crippen LogP contribution in [-0.2, 0) is 47.3 Å². The van der Waals surface area contributed by atoms with Crippen LogP contribution in [0.2, 0.25) is 0 Å². The summed E-state index contributed by atoms with van der Waals surface area (Å²) in [6.07, 6.45) is 12.3. The summed E-state index contributed by atoms with van der Waals surface area (Å²) in [5.74, 6) is 0. The molecule has 2 aliphatic rings. The van der Waals surface area contributed by atoms with Gasteiger partial charge in [-0.3, -0.25) is 13.8 Å². The Morgan fingerprint density at radius 1 is 0.341 bits per heavy atom. The Balaban J connectivity index is 0.760. The van der Waals surface area contributed by atoms with Crippen LogP contribution < -0.4 is 0 Å². The molecule has 0 N–H and O–H groups in total. The molecule has 0 saturated heterocycles. The molecule has 0 radical (unpaired) electrons. The van der Waals surface area contributed by atoms with Crippen LogP contribution in [0.4, 0.5) is 0 Å². The van der Waals surface area contributed by atoms with Crippen molar-refractivity contribution in [3.05, 3.63) is 269 Å². The first kappa shape index (κ1) is 54.0. The van der Waals surface area contributed by atoms with Crippen LogP contribution in [0.15, 0.2) is 225 Å². The lowest BCUT2D eigenvalue weighted by atomic mass is 9.82. The molecule has 0 unspecified atom stereocenters. The largest absolute Gasteiger partial charge is 0.299 e. The van der Waals surface area contributed by atoms with E-state index in [2.05, 4.69) is 277 Å². The summed E-state index contributed by atoms with van der Waals surface area (Å²) in [5.41, 5.74) is 29.8. The third kappa shape index (κ3) is 9.15. The Hall–Kier alpha value is -9.45. The summed E-state index contributed by atoms with van der Waals surface area (Å²) in [5, 5.41) is 4.83. The standard InChI is InChI=1S/C83H73N5/c1-80(2)50-82(5,6)71-48-76-74(46-69(71)80)85-78-64-32-25-52(41-59(64)35-38-87(76)78)21-23-54-40-55(24-22-53-26-33-65-60(42-53)36-39-88-77-49-72-70(47-75(77)86-79(65)88)81(3,4)51-83(72,7)8)44-62(43-54)63-18-12-13-19-66(63)67-34-31-61(73-20-14-15-37-84-73)45-68(67)58-29-27-57(28-30-58)56-16-10-9-11-17-56/h9-20,25-49H,21-24,50-51H2,1-8H3. The quantitative estimate of drug-likeness (QED) is 0.130. The highest BCUT2D eigenvalue weighted by Gasteiger charge is 2.43. The van der Waals surface area contributed by atoms with Gasteiger partial charge in [0.05, 0.1) is 27.8 Å². The van der Waals surface area contributed by atoms with Gasteiger partial charge in [-0.25, -0.2) is 9.97 Å². The lowest BCUT2D eigenvalue weighted by molar-refractivity contribution is 0.403. The molecule has 5 aromatic heterocycles. The molecule has 14 aromatic rings. The van der Waals surface area contributed by atoms with E-state index in [0.29, 0.717) is 0 Å². The molecule has 0 bridgehead atoms. The zero-order valence-electron chi connectivity index (χ0n) is 51.8. The van der Waals surface area contributed by atoms with Gasteiger partial charge in [0.2, 0.25) is 0 Å². The number of rotatable bonds is 11. The number of nitrogens with zero attached hydrogens (tertiary/aromatic N) is 5. The topological polar surface area (TPSA) is 47.5 Å². The Bertz CT molecular complexity index is 4920. The van der Waals surface area contributed by atoms with Crippen LogP contribution in [0.5, 0.6) is 0 Å². The highest BCUT2D eigenvalue weighted by atomic mass is 15.0. The van der Waals surface area contributed by atoms with E-state index in [1.54, 1.807) is 0 Å². The molecule has 0 fully saturated rings. The summed E-state index contributed by atoms with van der Waals surface area (Å²) < 4.78 is 4.62. The van der Waals surface area contributed by atoms with Gasteiger partial charge in [0.1, 0.15) is 11.3 Å². The molecule has 2 aliphatic carbocycles. The van der Waals surface area contributed by atoms with E-state index in [9.17, 15) is 0 Å². The van der Waals surface area contributed by atoms with Crippen LogP contribution >= 0.6 is 0 Å². The fourth-order valence-electron chi connectivity index (χ4n) is 16.3. The van der Waals surface area contributed by atoms with Gasteiger partial charge in [-0.05, 0) is 215 Å². The summed E-state index contributed by atoms with van der Waals surface area (Å²) in [6, 6.07) is 77.5. The molecular weight excluding hydrogens is 1070 g/mol. The Labute approximate surface area is 516 Å². The van der Waals surface area contributed by atoms with E-state index in [0.717, 1.165) is 72.1 Å². The second-order valence-electron chi connectivity index (χ2n) is 28.3. The number of aromatic nitrogens is 5. The molecular formula is C83H73N5. The predicted molar refractivity (Wildman–Crippen MR) is 368 cm³/mol. The number of aryl methyl sites for hydroxylation is 4. The predicted octanol–water partition coefficient (Wildman–Crippen LogP) is 20.8. The van der Waals surface area contributed by atoms with Gasteiger partial charge >= 0.3 is 0 Å². The number of fused-ring (bicyclic) bond motifs is 12. The lowest BCUT2D eigenvalue weighted by Crippen LogP contribution is -2.18. The second kappa shape index (κ2) is 20.0. The van der Waals surface area contributed by atoms with Gasteiger partial charge in [-0.15, -0.1) is 0 Å². The maximum absolute atomic E-state index is 5.34. The molecule has 430 valence electrons. The molecule has 88 heavy (non-hydrogen) atoms. The van der Waals surface area contributed by atoms with Crippen molar-refractivity contribution in [3.63, 3.8) is 0 Å². The van der Waals surface area contributed by atoms with E-state index >= 15 is 0 Å². The van der Waals surface area contributed by atoms with Crippen LogP contribution in [0.25, 0.3) is 111 Å². The van der Waals surface area contributed by atoms with Gasteiger partial charge in [0, 0.05) is 34.9 Å². The summed E-state index contributed by atoms with van der Waals surface area (Å²) in [7, 11) is 0. The molecule has 0 saturated carbocycles. The van der Waals surface area contributed by atoms with Crippen molar-refractivity contribution in [3.8, 4) is 55.8 Å². The van der Waals surface area contributed by atoms with Crippen LogP contribution in [0, 0.1) is 0 Å². The average molecular weight is 1140 g/mol. The number of benzene rings is 9. The molecule has 0 atom stereocenters. The second-order valence-corrected chi connectivity index (χ2v) is 28.3. The Morgan fingerprint density at radius 3 is 1.35 bits per heavy atom. The van der Waals surface area contributed by atoms with Crippen molar-refractivity contribution in [2.24, 2.45) is 0 Å². The van der Waals surface area contributed by atoms with Crippen molar-refractivity contribution in [2.45, 2.75) is 116 Å². The van der Waals surface area contributed by atoms with E-state index in [1.165, 1.54) is 122 Å². The zero-order valence-corrected chi connectivity index (χ0v) is 51.8. The van der Waals surface area contributed by atoms with Crippen molar-refractivity contribution in [1.82, 2.24) is 23.8 Å². The maximum atomic E-state index is 5.34. The molecule has 0 amide bonds. The number of hydrogen-bond donors (Lipinski definition) is 0. The fourth-order valence-corrected chi connectivity index (χ4v) is 16.3. The summed E-state index contributed by atoms with van der Waals surface area (Å²) in [6.45, 7) is 19.1. The number of pyridine rings is 3. The minimum atomic E-state index is 0.121. The van der Waals surface area contributed by atoms with Gasteiger partial charge in [-0.1, -0.05) is 207 Å². The first-order valence-corrected chi connectivity index (χ1v) is 31.7. The van der Waals surface area contributed by atoms with Crippen molar-refractivity contribution < 1.29 is 0 Å². The minimum absolute atomic E-state index is 0.121. The Morgan fingerprint density at radius 2 is 0.807 bits per heavy atom. The Kier molecular flexibility index (Phi) is 12.3. The first-order valence-electron chi connectivity index (χ1n) is 31.7. The van der Waals surface area contributed by atoms with Crippen LogP contribution in [0.1, 0.15) is 113 Å². The van der Waals surface area contributed by atoms with E-state index in [4.69, 9.17) is 15.0 Å². The van der Waals surface area contributed by atoms with E-state index in [1.807, 2.05) is 12.3 Å². The molecule has 5 heterocycles. The SMILES string of the molecule is CC1(C)CC(C)(C)c2cc3c(cc21)nc1c2ccc(CCc4cc(CCc5ccc6c(ccn7c8cc9c(cc8nc67)C(C)(C)CC9(C)C)c5)cc(-c5ccccc5-c5ccc(-c6ccccn6)cc5-c5ccc(-c6ccccc6)cc5)c4)cc2ccn31. The van der Waals surface area contributed by atoms with Gasteiger partial charge in [0.15, 0.2) is 0 Å².